The topological polar surface area (TPSA) is 131 Å². The van der Waals surface area contributed by atoms with Gasteiger partial charge in [-0.2, -0.15) is 0 Å². The van der Waals surface area contributed by atoms with Crippen molar-refractivity contribution in [1.29, 1.82) is 0 Å². The third kappa shape index (κ3) is 16.9. The molecule has 4 N–H and O–H groups in total. The number of allylic oxidation sites excluding steroid dienone is 1. The van der Waals surface area contributed by atoms with Gasteiger partial charge in [-0.3, -0.25) is 24.0 Å². The summed E-state index contributed by atoms with van der Waals surface area (Å²) in [5.74, 6) is 0.796. The number of hydrogen-bond acceptors (Lipinski definition) is 7. The van der Waals surface area contributed by atoms with Crippen molar-refractivity contribution >= 4 is 29.3 Å². The summed E-state index contributed by atoms with van der Waals surface area (Å²) in [4.78, 5) is 38.7. The molecule has 0 aromatic heterocycles. The van der Waals surface area contributed by atoms with Crippen molar-refractivity contribution in [3.63, 3.8) is 0 Å². The first-order valence-corrected chi connectivity index (χ1v) is 21.4. The fourth-order valence-corrected chi connectivity index (χ4v) is 8.35. The van der Waals surface area contributed by atoms with Crippen molar-refractivity contribution in [2.24, 2.45) is 5.92 Å². The first kappa shape index (κ1) is 46.1. The van der Waals surface area contributed by atoms with Crippen LogP contribution in [0.25, 0.3) is 0 Å². The average molecular weight is 758 g/mol. The molecule has 5 rings (SSSR count). The minimum atomic E-state index is -1.35. The summed E-state index contributed by atoms with van der Waals surface area (Å²) < 4.78 is 15.2. The minimum absolute atomic E-state index is 0.0402. The highest BCUT2D eigenvalue weighted by molar-refractivity contribution is 7.84. The summed E-state index contributed by atoms with van der Waals surface area (Å²) in [5.41, 5.74) is 2.80. The van der Waals surface area contributed by atoms with Gasteiger partial charge >= 0.3 is 0 Å². The van der Waals surface area contributed by atoms with Crippen LogP contribution in [0.5, 0.6) is 0 Å². The van der Waals surface area contributed by atoms with Gasteiger partial charge in [0.25, 0.3) is 12.4 Å². The largest absolute Gasteiger partial charge is 0.483 e. The van der Waals surface area contributed by atoms with Gasteiger partial charge in [-0.25, -0.2) is 4.21 Å². The maximum Gasteiger partial charge on any atom is 0.290 e. The van der Waals surface area contributed by atoms with Crippen LogP contribution in [0.1, 0.15) is 135 Å². The molecule has 0 radical (unpaired) electrons. The number of fused-ring (bicyclic) bond motifs is 1. The zero-order valence-corrected chi connectivity index (χ0v) is 34.3. The highest BCUT2D eigenvalue weighted by Crippen LogP contribution is 2.30. The van der Waals surface area contributed by atoms with Gasteiger partial charge in [0.15, 0.2) is 0 Å². The lowest BCUT2D eigenvalue weighted by atomic mass is 9.89. The lowest BCUT2D eigenvalue weighted by molar-refractivity contribution is -0.129. The zero-order chi connectivity index (χ0) is 39.1. The van der Waals surface area contributed by atoms with E-state index in [0.717, 1.165) is 76.1 Å². The number of hydrogen-bond donors (Lipinski definition) is 4. The van der Waals surface area contributed by atoms with E-state index in [4.69, 9.17) is 9.90 Å². The van der Waals surface area contributed by atoms with Crippen LogP contribution in [-0.4, -0.2) is 81.4 Å². The molecular formula is C42H71N5O5S. The number of amides is 2. The highest BCUT2D eigenvalue weighted by Gasteiger charge is 2.42. The molecule has 0 saturated heterocycles. The van der Waals surface area contributed by atoms with E-state index < -0.39 is 16.5 Å². The molecule has 2 aliphatic heterocycles. The fourth-order valence-electron chi connectivity index (χ4n) is 7.21. The van der Waals surface area contributed by atoms with Crippen LogP contribution in [0.3, 0.4) is 0 Å². The second-order valence-corrected chi connectivity index (χ2v) is 16.6. The van der Waals surface area contributed by atoms with E-state index >= 15 is 0 Å². The molecule has 300 valence electrons. The van der Waals surface area contributed by atoms with Crippen molar-refractivity contribution in [2.45, 2.75) is 153 Å². The third-order valence-electron chi connectivity index (χ3n) is 10.5. The van der Waals surface area contributed by atoms with E-state index in [1.54, 1.807) is 0 Å². The number of carbonyl (C=O) groups excluding carboxylic acids is 2. The van der Waals surface area contributed by atoms with E-state index in [0.29, 0.717) is 25.8 Å². The van der Waals surface area contributed by atoms with E-state index in [1.807, 2.05) is 18.7 Å². The van der Waals surface area contributed by atoms with E-state index in [9.17, 15) is 13.8 Å². The number of carbonyl (C=O) groups is 3. The molecule has 10 nitrogen and oxygen atoms in total. The molecule has 2 amide bonds. The van der Waals surface area contributed by atoms with Gasteiger partial charge < -0.3 is 20.6 Å². The van der Waals surface area contributed by atoms with E-state index in [1.165, 1.54) is 49.8 Å². The quantitative estimate of drug-likeness (QED) is 0.162. The summed E-state index contributed by atoms with van der Waals surface area (Å²) >= 11 is 0. The Kier molecular flexibility index (Phi) is 22.5. The van der Waals surface area contributed by atoms with Crippen molar-refractivity contribution in [3.8, 4) is 0 Å². The summed E-state index contributed by atoms with van der Waals surface area (Å²) in [6, 6.07) is 8.41. The van der Waals surface area contributed by atoms with Gasteiger partial charge in [0, 0.05) is 31.8 Å². The normalized spacial score (nSPS) is 24.1. The third-order valence-corrected chi connectivity index (χ3v) is 11.9. The summed E-state index contributed by atoms with van der Waals surface area (Å²) in [7, 11) is 2.86. The SMILES string of the molecule is C=C1C(CC)NC(=O)CCCCCC/C=C\CC(C)(C(=O)NS(=O)C2CC2)N1CCC.CN1Cc2ccccc2C1.CNCC1CCCCC1.O=CO. The monoisotopic (exact) mass is 758 g/mol. The van der Waals surface area contributed by atoms with Crippen molar-refractivity contribution in [2.75, 3.05) is 27.2 Å². The second-order valence-electron chi connectivity index (χ2n) is 15.1. The Morgan fingerprint density at radius 2 is 1.62 bits per heavy atom. The van der Waals surface area contributed by atoms with Gasteiger partial charge in [0.1, 0.15) is 16.5 Å². The number of nitrogens with zero attached hydrogens (tertiary/aromatic N) is 2. The fraction of sp³-hybridized carbons (Fsp3) is 0.690. The minimum Gasteiger partial charge on any atom is -0.483 e. The highest BCUT2D eigenvalue weighted by atomic mass is 32.2. The Morgan fingerprint density at radius 3 is 2.19 bits per heavy atom. The molecule has 0 spiro atoms. The molecule has 4 aliphatic rings. The first-order valence-electron chi connectivity index (χ1n) is 20.1. The molecule has 11 heteroatoms. The van der Waals surface area contributed by atoms with Crippen LogP contribution in [-0.2, 0) is 38.5 Å². The number of benzene rings is 1. The van der Waals surface area contributed by atoms with E-state index in [2.05, 4.69) is 84.3 Å². The number of carboxylic acid groups (broad SMARTS) is 1. The lowest BCUT2D eigenvalue weighted by Gasteiger charge is -2.44. The van der Waals surface area contributed by atoms with Gasteiger partial charge in [-0.1, -0.05) is 88.9 Å². The van der Waals surface area contributed by atoms with Crippen molar-refractivity contribution in [1.82, 2.24) is 25.2 Å². The van der Waals surface area contributed by atoms with E-state index in [-0.39, 0.29) is 29.6 Å². The molecule has 0 bridgehead atoms. The maximum atomic E-state index is 13.4. The second kappa shape index (κ2) is 25.9. The predicted octanol–water partition coefficient (Wildman–Crippen LogP) is 7.23. The summed E-state index contributed by atoms with van der Waals surface area (Å²) in [6.45, 7) is 14.2. The number of rotatable bonds is 8. The zero-order valence-electron chi connectivity index (χ0n) is 33.5. The standard InChI is InChI=1S/C24H41N3O3S.C9H11N.C8H17N.CH2O2/c1-5-18-27-19(3)21(6-2)25-22(28)14-12-10-8-7-9-11-13-17-24(27,4)23(29)26-31(30)20-15-16-20;1-10-6-8-4-2-3-5-9(8)7-10;1-9-7-8-5-3-2-4-6-8;2-1-3/h11,13,20-21H,3,5-10,12,14-18H2,1-2,4H3,(H,25,28)(H,26,29);2-5H,6-7H2,1H3;8-9H,2-7H2,1H3;1H,(H,2,3)/b13-11-;;;. The molecule has 3 atom stereocenters. The van der Waals surface area contributed by atoms with Gasteiger partial charge in [-0.15, -0.1) is 0 Å². The number of nitrogens with one attached hydrogen (secondary N) is 3. The Labute approximate surface area is 323 Å². The average Bonchev–Trinajstić information content (AvgIpc) is 3.93. The molecule has 2 heterocycles. The molecule has 1 aromatic rings. The Balaban J connectivity index is 0.000000352. The molecule has 2 fully saturated rings. The lowest BCUT2D eigenvalue weighted by Crippen LogP contribution is -2.59. The molecular weight excluding hydrogens is 687 g/mol. The summed E-state index contributed by atoms with van der Waals surface area (Å²) in [5, 5.41) is 13.3. The molecule has 3 unspecified atom stereocenters. The van der Waals surface area contributed by atoms with Crippen LogP contribution in [0, 0.1) is 5.92 Å². The smallest absolute Gasteiger partial charge is 0.290 e. The predicted molar refractivity (Wildman–Crippen MR) is 218 cm³/mol. The van der Waals surface area contributed by atoms with Crippen LogP contribution >= 0.6 is 0 Å². The van der Waals surface area contributed by atoms with Gasteiger partial charge in [0.05, 0.1) is 11.3 Å². The maximum absolute atomic E-state index is 13.4. The van der Waals surface area contributed by atoms with Gasteiger partial charge in [-0.05, 0) is 109 Å². The van der Waals surface area contributed by atoms with Crippen LogP contribution in [0.15, 0.2) is 48.7 Å². The molecule has 2 saturated carbocycles. The van der Waals surface area contributed by atoms with Crippen molar-refractivity contribution in [3.05, 3.63) is 59.8 Å². The first-order chi connectivity index (χ1) is 25.5. The Morgan fingerprint density at radius 1 is 1.02 bits per heavy atom. The van der Waals surface area contributed by atoms with Crippen LogP contribution < -0.4 is 15.4 Å². The molecule has 1 aromatic carbocycles. The van der Waals surface area contributed by atoms with Crippen LogP contribution in [0.2, 0.25) is 0 Å². The van der Waals surface area contributed by atoms with Crippen LogP contribution in [0.4, 0.5) is 0 Å². The van der Waals surface area contributed by atoms with Crippen molar-refractivity contribution < 1.29 is 23.7 Å². The molecule has 2 aliphatic carbocycles. The van der Waals surface area contributed by atoms with Gasteiger partial charge in [0.2, 0.25) is 5.91 Å². The Bertz CT molecular complexity index is 1270. The Hall–Kier alpha value is -3.02. The summed E-state index contributed by atoms with van der Waals surface area (Å²) in [6.07, 6.45) is 21.0. The molecule has 53 heavy (non-hydrogen) atoms.